The molecular formula is C30H33ClN2O3. The molecule has 36 heavy (non-hydrogen) atoms. The second-order valence-electron chi connectivity index (χ2n) is 9.50. The summed E-state index contributed by atoms with van der Waals surface area (Å²) in [4.78, 5) is 18.1. The van der Waals surface area contributed by atoms with E-state index in [9.17, 15) is 9.90 Å². The van der Waals surface area contributed by atoms with Crippen LogP contribution in [-0.2, 0) is 11.2 Å². The zero-order valence-electron chi connectivity index (χ0n) is 20.8. The van der Waals surface area contributed by atoms with Gasteiger partial charge in [-0.05, 0) is 92.4 Å². The van der Waals surface area contributed by atoms with Crippen LogP contribution < -0.4 is 4.74 Å². The van der Waals surface area contributed by atoms with Crippen LogP contribution in [0.2, 0.25) is 5.02 Å². The summed E-state index contributed by atoms with van der Waals surface area (Å²) in [6.07, 6.45) is 7.01. The minimum Gasteiger partial charge on any atom is -0.497 e. The number of halogens is 1. The van der Waals surface area contributed by atoms with Gasteiger partial charge in [-0.2, -0.15) is 0 Å². The number of fused-ring (bicyclic) bond motifs is 1. The summed E-state index contributed by atoms with van der Waals surface area (Å²) in [6.45, 7) is 2.55. The van der Waals surface area contributed by atoms with Crippen LogP contribution in [0.15, 0.2) is 54.7 Å². The Balaban J connectivity index is 1.36. The fourth-order valence-corrected chi connectivity index (χ4v) is 5.39. The van der Waals surface area contributed by atoms with Gasteiger partial charge in [-0.25, -0.2) is 0 Å². The Morgan fingerprint density at radius 3 is 2.86 bits per heavy atom. The van der Waals surface area contributed by atoms with E-state index in [1.165, 1.54) is 5.56 Å². The minimum atomic E-state index is -0.721. The number of hydrogen-bond donors (Lipinski definition) is 1. The average molecular weight is 505 g/mol. The number of aliphatic carboxylic acids is 1. The maximum Gasteiger partial charge on any atom is 0.303 e. The molecule has 5 nitrogen and oxygen atoms in total. The molecule has 1 aliphatic rings. The molecule has 0 aliphatic carbocycles. The molecule has 2 unspecified atom stereocenters. The third kappa shape index (κ3) is 7.00. The van der Waals surface area contributed by atoms with Crippen LogP contribution in [0.1, 0.15) is 43.2 Å². The van der Waals surface area contributed by atoms with Gasteiger partial charge < -0.3 is 9.84 Å². The number of carboxylic acids is 1. The standard InChI is InChI=1S/C30H33ClN2O3/c1-36-26-12-13-29-27(20-26)23(15-17-32-29)8-4-7-22-16-19-33(21-25(22)11-14-30(34)35)18-5-9-24-6-2-3-10-28(24)31/h2-3,6,10,12-13,15,17,20,22,25H,4,7-8,11,14,16,18-19,21H2,1H3,(H,34,35). The Morgan fingerprint density at radius 2 is 2.06 bits per heavy atom. The molecule has 0 bridgehead atoms. The highest BCUT2D eigenvalue weighted by atomic mass is 35.5. The number of benzene rings is 2. The van der Waals surface area contributed by atoms with Crippen LogP contribution in [-0.4, -0.2) is 47.7 Å². The summed E-state index contributed by atoms with van der Waals surface area (Å²) in [5.74, 6) is 7.46. The Hall–Kier alpha value is -3.07. The number of aryl methyl sites for hydroxylation is 1. The van der Waals surface area contributed by atoms with E-state index in [1.807, 2.05) is 42.6 Å². The van der Waals surface area contributed by atoms with Gasteiger partial charge >= 0.3 is 5.97 Å². The molecule has 0 saturated carbocycles. The van der Waals surface area contributed by atoms with Crippen LogP contribution in [0.25, 0.3) is 10.9 Å². The second-order valence-corrected chi connectivity index (χ2v) is 9.91. The van der Waals surface area contributed by atoms with Gasteiger partial charge in [-0.3, -0.25) is 14.7 Å². The van der Waals surface area contributed by atoms with E-state index in [4.69, 9.17) is 16.3 Å². The number of nitrogens with zero attached hydrogens (tertiary/aromatic N) is 2. The Bertz CT molecular complexity index is 1250. The third-order valence-electron chi connectivity index (χ3n) is 7.16. The van der Waals surface area contributed by atoms with Crippen molar-refractivity contribution < 1.29 is 14.6 Å². The van der Waals surface area contributed by atoms with Crippen molar-refractivity contribution in [2.24, 2.45) is 11.8 Å². The Kier molecular flexibility index (Phi) is 9.22. The van der Waals surface area contributed by atoms with E-state index < -0.39 is 5.97 Å². The lowest BCUT2D eigenvalue weighted by Gasteiger charge is -2.38. The van der Waals surface area contributed by atoms with E-state index in [1.54, 1.807) is 7.11 Å². The molecule has 1 aliphatic heterocycles. The lowest BCUT2D eigenvalue weighted by atomic mass is 9.79. The molecule has 1 aromatic heterocycles. The smallest absolute Gasteiger partial charge is 0.303 e. The quantitative estimate of drug-likeness (QED) is 0.358. The minimum absolute atomic E-state index is 0.217. The lowest BCUT2D eigenvalue weighted by molar-refractivity contribution is -0.137. The van der Waals surface area contributed by atoms with Gasteiger partial charge in [0.1, 0.15) is 5.75 Å². The Morgan fingerprint density at radius 1 is 1.19 bits per heavy atom. The van der Waals surface area contributed by atoms with Crippen LogP contribution >= 0.6 is 11.6 Å². The van der Waals surface area contributed by atoms with Crippen LogP contribution in [0.3, 0.4) is 0 Å². The number of carbonyl (C=O) groups is 1. The molecule has 1 fully saturated rings. The molecular weight excluding hydrogens is 472 g/mol. The SMILES string of the molecule is COc1ccc2nccc(CCCC3CCN(CC#Cc4ccccc4Cl)CC3CCC(=O)O)c2c1. The Labute approximate surface area is 218 Å². The summed E-state index contributed by atoms with van der Waals surface area (Å²) >= 11 is 6.22. The molecule has 0 spiro atoms. The first-order chi connectivity index (χ1) is 17.5. The number of aromatic nitrogens is 1. The lowest BCUT2D eigenvalue weighted by Crippen LogP contribution is -2.41. The molecule has 2 atom stereocenters. The van der Waals surface area contributed by atoms with Crippen molar-refractivity contribution in [2.75, 3.05) is 26.7 Å². The predicted molar refractivity (Wildman–Crippen MR) is 144 cm³/mol. The first-order valence-electron chi connectivity index (χ1n) is 12.6. The van der Waals surface area contributed by atoms with Crippen molar-refractivity contribution in [3.05, 3.63) is 70.9 Å². The summed E-state index contributed by atoms with van der Waals surface area (Å²) in [5.41, 5.74) is 3.12. The zero-order chi connectivity index (χ0) is 25.3. The fourth-order valence-electron chi connectivity index (χ4n) is 5.21. The normalized spacial score (nSPS) is 17.9. The molecule has 2 heterocycles. The highest BCUT2D eigenvalue weighted by Crippen LogP contribution is 2.32. The predicted octanol–water partition coefficient (Wildman–Crippen LogP) is 6.07. The van der Waals surface area contributed by atoms with Gasteiger partial charge in [-0.1, -0.05) is 35.6 Å². The van der Waals surface area contributed by atoms with Crippen molar-refractivity contribution in [1.29, 1.82) is 0 Å². The number of likely N-dealkylation sites (tertiary alicyclic amines) is 1. The molecule has 6 heteroatoms. The van der Waals surface area contributed by atoms with Gasteiger partial charge in [0, 0.05) is 30.1 Å². The molecule has 3 aromatic rings. The van der Waals surface area contributed by atoms with Crippen LogP contribution in [0.4, 0.5) is 0 Å². The number of pyridine rings is 1. The number of carboxylic acid groups (broad SMARTS) is 1. The van der Waals surface area contributed by atoms with Crippen LogP contribution in [0, 0.1) is 23.7 Å². The van der Waals surface area contributed by atoms with E-state index in [0.717, 1.165) is 61.0 Å². The number of methoxy groups -OCH3 is 1. The van der Waals surface area contributed by atoms with Crippen molar-refractivity contribution in [2.45, 2.75) is 38.5 Å². The first kappa shape index (κ1) is 26.0. The van der Waals surface area contributed by atoms with Crippen LogP contribution in [0.5, 0.6) is 5.75 Å². The number of rotatable bonds is 9. The molecule has 0 radical (unpaired) electrons. The van der Waals surface area contributed by atoms with Crippen molar-refractivity contribution >= 4 is 28.5 Å². The largest absolute Gasteiger partial charge is 0.497 e. The fraction of sp³-hybridized carbons (Fsp3) is 0.400. The highest BCUT2D eigenvalue weighted by molar-refractivity contribution is 6.31. The summed E-state index contributed by atoms with van der Waals surface area (Å²) < 4.78 is 5.41. The van der Waals surface area contributed by atoms with Gasteiger partial charge in [0.15, 0.2) is 0 Å². The topological polar surface area (TPSA) is 62.7 Å². The van der Waals surface area contributed by atoms with Crippen molar-refractivity contribution in [3.63, 3.8) is 0 Å². The molecule has 2 aromatic carbocycles. The maximum absolute atomic E-state index is 11.3. The van der Waals surface area contributed by atoms with Gasteiger partial charge in [-0.15, -0.1) is 0 Å². The molecule has 0 amide bonds. The van der Waals surface area contributed by atoms with Gasteiger partial charge in [0.25, 0.3) is 0 Å². The maximum atomic E-state index is 11.3. The van der Waals surface area contributed by atoms with Crippen molar-refractivity contribution in [3.8, 4) is 17.6 Å². The summed E-state index contributed by atoms with van der Waals surface area (Å²) in [6, 6.07) is 15.7. The van der Waals surface area contributed by atoms with E-state index in [2.05, 4.69) is 33.9 Å². The highest BCUT2D eigenvalue weighted by Gasteiger charge is 2.29. The third-order valence-corrected chi connectivity index (χ3v) is 7.49. The number of hydrogen-bond acceptors (Lipinski definition) is 4. The molecule has 188 valence electrons. The van der Waals surface area contributed by atoms with E-state index >= 15 is 0 Å². The van der Waals surface area contributed by atoms with Gasteiger partial charge in [0.2, 0.25) is 0 Å². The monoisotopic (exact) mass is 504 g/mol. The first-order valence-corrected chi connectivity index (χ1v) is 13.0. The average Bonchev–Trinajstić information content (AvgIpc) is 2.89. The summed E-state index contributed by atoms with van der Waals surface area (Å²) in [5, 5.41) is 11.1. The molecule has 4 rings (SSSR count). The number of ether oxygens (including phenoxy) is 1. The van der Waals surface area contributed by atoms with Gasteiger partial charge in [0.05, 0.1) is 24.2 Å². The molecule has 1 N–H and O–H groups in total. The number of piperidine rings is 1. The second kappa shape index (κ2) is 12.8. The van der Waals surface area contributed by atoms with E-state index in [-0.39, 0.29) is 6.42 Å². The summed E-state index contributed by atoms with van der Waals surface area (Å²) in [7, 11) is 1.68. The van der Waals surface area contributed by atoms with E-state index in [0.29, 0.717) is 29.8 Å². The molecule has 1 saturated heterocycles. The van der Waals surface area contributed by atoms with Crippen molar-refractivity contribution in [1.82, 2.24) is 9.88 Å². The zero-order valence-corrected chi connectivity index (χ0v) is 21.5.